The Balaban J connectivity index is 1.19. The number of rotatable bonds is 8. The average molecular weight is 559 g/mol. The predicted molar refractivity (Wildman–Crippen MR) is 135 cm³/mol. The molecule has 1 atom stereocenters. The van der Waals surface area contributed by atoms with Crippen molar-refractivity contribution in [1.29, 1.82) is 0 Å². The van der Waals surface area contributed by atoms with Gasteiger partial charge in [-0.1, -0.05) is 41.9 Å². The highest BCUT2D eigenvalue weighted by molar-refractivity contribution is 7.88. The van der Waals surface area contributed by atoms with Gasteiger partial charge in [-0.25, -0.2) is 12.7 Å². The Hall–Kier alpha value is -2.18. The Bertz CT molecular complexity index is 1190. The van der Waals surface area contributed by atoms with E-state index in [2.05, 4.69) is 5.32 Å². The molecule has 0 saturated carbocycles. The first-order valence-corrected chi connectivity index (χ1v) is 14.1. The number of carbonyl (C=O) groups is 1. The van der Waals surface area contributed by atoms with E-state index in [1.165, 1.54) is 16.4 Å². The Morgan fingerprint density at radius 2 is 1.70 bits per heavy atom. The van der Waals surface area contributed by atoms with Crippen LogP contribution < -0.4 is 5.32 Å². The molecule has 1 N–H and O–H groups in total. The molecule has 2 saturated heterocycles. The van der Waals surface area contributed by atoms with Crippen molar-refractivity contribution in [2.24, 2.45) is 0 Å². The lowest BCUT2D eigenvalue weighted by Crippen LogP contribution is -2.51. The molecule has 0 aromatic heterocycles. The number of hydrogen-bond acceptors (Lipinski definition) is 5. The van der Waals surface area contributed by atoms with Gasteiger partial charge < -0.3 is 10.2 Å². The number of halogens is 4. The van der Waals surface area contributed by atoms with Crippen molar-refractivity contribution in [3.8, 4) is 0 Å². The molecule has 2 fully saturated rings. The van der Waals surface area contributed by atoms with Crippen molar-refractivity contribution in [2.45, 2.75) is 30.9 Å². The molecule has 2 heterocycles. The third-order valence-electron chi connectivity index (χ3n) is 6.73. The van der Waals surface area contributed by atoms with Crippen LogP contribution in [0.4, 0.5) is 13.2 Å². The van der Waals surface area contributed by atoms with Gasteiger partial charge in [0.15, 0.2) is 0 Å². The zero-order valence-electron chi connectivity index (χ0n) is 20.3. The van der Waals surface area contributed by atoms with Crippen molar-refractivity contribution in [2.75, 3.05) is 45.8 Å². The molecular formula is C25H30ClF3N4O3S. The van der Waals surface area contributed by atoms with Crippen LogP contribution in [0.1, 0.15) is 23.1 Å². The second kappa shape index (κ2) is 11.7. The summed E-state index contributed by atoms with van der Waals surface area (Å²) in [5, 5.41) is 3.74. The van der Waals surface area contributed by atoms with E-state index in [-0.39, 0.29) is 24.2 Å². The Morgan fingerprint density at radius 1 is 1.00 bits per heavy atom. The first-order valence-electron chi connectivity index (χ1n) is 12.1. The lowest BCUT2D eigenvalue weighted by Gasteiger charge is -2.35. The molecule has 37 heavy (non-hydrogen) atoms. The number of amides is 1. The highest BCUT2D eigenvalue weighted by Gasteiger charge is 2.32. The maximum Gasteiger partial charge on any atom is 0.416 e. The number of alkyl halides is 3. The second-order valence-electron chi connectivity index (χ2n) is 9.46. The molecule has 2 aliphatic rings. The molecule has 4 rings (SSSR count). The molecule has 0 aliphatic carbocycles. The molecule has 2 aromatic rings. The van der Waals surface area contributed by atoms with E-state index in [0.717, 1.165) is 6.07 Å². The summed E-state index contributed by atoms with van der Waals surface area (Å²) in [6.07, 6.45) is -3.75. The Labute approximate surface area is 220 Å². The van der Waals surface area contributed by atoms with Crippen molar-refractivity contribution >= 4 is 27.5 Å². The van der Waals surface area contributed by atoms with E-state index in [1.54, 1.807) is 35.2 Å². The van der Waals surface area contributed by atoms with E-state index in [9.17, 15) is 26.4 Å². The van der Waals surface area contributed by atoms with Crippen molar-refractivity contribution in [1.82, 2.24) is 19.4 Å². The fraction of sp³-hybridized carbons (Fsp3) is 0.480. The van der Waals surface area contributed by atoms with Gasteiger partial charge in [0.1, 0.15) is 0 Å². The standard InChI is InChI=1S/C25H30ClF3N4O3S/c26-22-6-4-19(5-7-22)18-37(35,36)33-9-8-23(17-33)30-15-24(34)32-12-10-31(11-13-32)16-20-2-1-3-21(14-20)25(27,28)29/h1-7,14,23,30H,8-13,15-18H2/t23-/m0/s1. The number of carbonyl (C=O) groups excluding carboxylic acids is 1. The monoisotopic (exact) mass is 558 g/mol. The highest BCUT2D eigenvalue weighted by atomic mass is 35.5. The topological polar surface area (TPSA) is 73.0 Å². The fourth-order valence-electron chi connectivity index (χ4n) is 4.63. The molecule has 12 heteroatoms. The normalized spacial score (nSPS) is 19.9. The molecule has 2 aromatic carbocycles. The van der Waals surface area contributed by atoms with Gasteiger partial charge in [0, 0.05) is 56.9 Å². The van der Waals surface area contributed by atoms with Crippen LogP contribution in [0.15, 0.2) is 48.5 Å². The zero-order valence-corrected chi connectivity index (χ0v) is 21.8. The Kier molecular flexibility index (Phi) is 8.80. The molecule has 2 aliphatic heterocycles. The number of nitrogens with zero attached hydrogens (tertiary/aromatic N) is 3. The smallest absolute Gasteiger partial charge is 0.339 e. The van der Waals surface area contributed by atoms with E-state index in [1.807, 2.05) is 4.90 Å². The number of hydrogen-bond donors (Lipinski definition) is 1. The van der Waals surface area contributed by atoms with Crippen molar-refractivity contribution in [3.63, 3.8) is 0 Å². The first-order chi connectivity index (χ1) is 17.5. The molecular weight excluding hydrogens is 529 g/mol. The number of sulfonamides is 1. The van der Waals surface area contributed by atoms with Crippen LogP contribution in [0, 0.1) is 0 Å². The van der Waals surface area contributed by atoms with E-state index in [0.29, 0.717) is 68.4 Å². The molecule has 0 unspecified atom stereocenters. The fourth-order valence-corrected chi connectivity index (χ4v) is 6.35. The van der Waals surface area contributed by atoms with Gasteiger partial charge in [-0.15, -0.1) is 0 Å². The van der Waals surface area contributed by atoms with Crippen LogP contribution in [0.3, 0.4) is 0 Å². The van der Waals surface area contributed by atoms with E-state index < -0.39 is 21.8 Å². The third kappa shape index (κ3) is 7.67. The molecule has 1 amide bonds. The zero-order chi connectivity index (χ0) is 26.6. The summed E-state index contributed by atoms with van der Waals surface area (Å²) < 4.78 is 65.9. The maximum atomic E-state index is 13.0. The van der Waals surface area contributed by atoms with E-state index in [4.69, 9.17) is 11.6 Å². The van der Waals surface area contributed by atoms with Gasteiger partial charge in [-0.3, -0.25) is 9.69 Å². The third-order valence-corrected chi connectivity index (χ3v) is 8.80. The van der Waals surface area contributed by atoms with Crippen LogP contribution in [0.2, 0.25) is 5.02 Å². The van der Waals surface area contributed by atoms with Gasteiger partial charge in [0.05, 0.1) is 17.9 Å². The Morgan fingerprint density at radius 3 is 2.38 bits per heavy atom. The summed E-state index contributed by atoms with van der Waals surface area (Å²) >= 11 is 5.87. The highest BCUT2D eigenvalue weighted by Crippen LogP contribution is 2.30. The minimum Gasteiger partial charge on any atom is -0.339 e. The minimum absolute atomic E-state index is 0.0683. The van der Waals surface area contributed by atoms with Gasteiger partial charge in [-0.05, 0) is 35.7 Å². The summed E-state index contributed by atoms with van der Waals surface area (Å²) in [6, 6.07) is 11.9. The van der Waals surface area contributed by atoms with Crippen molar-refractivity contribution < 1.29 is 26.4 Å². The number of nitrogens with one attached hydrogen (secondary N) is 1. The second-order valence-corrected chi connectivity index (χ2v) is 11.9. The van der Waals surface area contributed by atoms with E-state index >= 15 is 0 Å². The minimum atomic E-state index is -4.37. The van der Waals surface area contributed by atoms with Gasteiger partial charge >= 0.3 is 6.18 Å². The summed E-state index contributed by atoms with van der Waals surface area (Å²) in [4.78, 5) is 16.5. The van der Waals surface area contributed by atoms with Gasteiger partial charge in [0.25, 0.3) is 0 Å². The van der Waals surface area contributed by atoms with Crippen molar-refractivity contribution in [3.05, 3.63) is 70.2 Å². The maximum absolute atomic E-state index is 13.0. The SMILES string of the molecule is O=C(CN[C@H]1CCN(S(=O)(=O)Cc2ccc(Cl)cc2)C1)N1CCN(Cc2cccc(C(F)(F)F)c2)CC1. The summed E-state index contributed by atoms with van der Waals surface area (Å²) in [6.45, 7) is 3.35. The molecule has 202 valence electrons. The van der Waals surface area contributed by atoms with Gasteiger partial charge in [-0.2, -0.15) is 13.2 Å². The van der Waals surface area contributed by atoms with Crippen LogP contribution in [0.25, 0.3) is 0 Å². The lowest BCUT2D eigenvalue weighted by atomic mass is 10.1. The first kappa shape index (κ1) is 27.8. The summed E-state index contributed by atoms with van der Waals surface area (Å²) in [7, 11) is -3.47. The summed E-state index contributed by atoms with van der Waals surface area (Å²) in [5.41, 5.74) is 0.601. The lowest BCUT2D eigenvalue weighted by molar-refractivity contribution is -0.137. The van der Waals surface area contributed by atoms with Crippen LogP contribution in [-0.2, 0) is 33.3 Å². The summed E-state index contributed by atoms with van der Waals surface area (Å²) in [5.74, 6) is -0.165. The molecule has 0 bridgehead atoms. The largest absolute Gasteiger partial charge is 0.416 e. The average Bonchev–Trinajstić information content (AvgIpc) is 3.34. The van der Waals surface area contributed by atoms with Crippen LogP contribution in [-0.4, -0.2) is 80.3 Å². The molecule has 0 spiro atoms. The number of piperazine rings is 1. The quantitative estimate of drug-likeness (QED) is 0.539. The van der Waals surface area contributed by atoms with Crippen LogP contribution in [0.5, 0.6) is 0 Å². The number of benzene rings is 2. The van der Waals surface area contributed by atoms with Gasteiger partial charge in [0.2, 0.25) is 15.9 Å². The molecule has 7 nitrogen and oxygen atoms in total. The molecule has 0 radical (unpaired) electrons. The predicted octanol–water partition coefficient (Wildman–Crippen LogP) is 3.20. The van der Waals surface area contributed by atoms with Crippen LogP contribution >= 0.6 is 11.6 Å².